The van der Waals surface area contributed by atoms with Crippen molar-refractivity contribution in [2.24, 2.45) is 10.2 Å². The quantitative estimate of drug-likeness (QED) is 0.448. The molecule has 2 aromatic carbocycles. The maximum absolute atomic E-state index is 13.2. The Morgan fingerprint density at radius 3 is 2.62 bits per heavy atom. The van der Waals surface area contributed by atoms with Crippen LogP contribution in [-0.4, -0.2) is 27.4 Å². The highest BCUT2D eigenvalue weighted by Gasteiger charge is 2.37. The van der Waals surface area contributed by atoms with E-state index in [0.29, 0.717) is 11.7 Å². The Morgan fingerprint density at radius 1 is 1.17 bits per heavy atom. The van der Waals surface area contributed by atoms with Crippen LogP contribution in [0, 0.1) is 19.7 Å². The maximum atomic E-state index is 13.2. The summed E-state index contributed by atoms with van der Waals surface area (Å²) in [6.45, 7) is 6.58. The highest BCUT2D eigenvalue weighted by molar-refractivity contribution is 8.15. The monoisotopic (exact) mass is 411 g/mol. The van der Waals surface area contributed by atoms with E-state index in [2.05, 4.69) is 30.1 Å². The lowest BCUT2D eigenvalue weighted by Crippen LogP contribution is -2.31. The average molecular weight is 412 g/mol. The molecule has 152 valence electrons. The second-order valence-electron chi connectivity index (χ2n) is 7.29. The van der Waals surface area contributed by atoms with Crippen LogP contribution in [-0.2, 0) is 11.3 Å². The fourth-order valence-electron chi connectivity index (χ4n) is 3.19. The third-order valence-corrected chi connectivity index (χ3v) is 6.09. The average Bonchev–Trinajstić information content (AvgIpc) is 2.98. The molecule has 0 N–H and O–H groups in total. The molecule has 0 aliphatic carbocycles. The summed E-state index contributed by atoms with van der Waals surface area (Å²) in [5.41, 5.74) is 4.20. The molecular weight excluding hydrogens is 385 g/mol. The van der Waals surface area contributed by atoms with Gasteiger partial charge in [0.25, 0.3) is 0 Å². The standard InChI is InChI=1S/C23H26FN3OS/c1-4-5-6-21-22(28)27(15-18-8-11-20(24)12-9-18)23(29-21)26-25-14-19-10-7-16(2)13-17(19)3/h7-14,21H,4-6,15H2,1-3H3/b25-14-,26-23+/t21-/m1/s1. The first-order valence-electron chi connectivity index (χ1n) is 9.88. The van der Waals surface area contributed by atoms with Gasteiger partial charge >= 0.3 is 0 Å². The van der Waals surface area contributed by atoms with E-state index in [9.17, 15) is 9.18 Å². The number of carbonyl (C=O) groups is 1. The van der Waals surface area contributed by atoms with Gasteiger partial charge in [0.05, 0.1) is 18.0 Å². The maximum Gasteiger partial charge on any atom is 0.242 e. The van der Waals surface area contributed by atoms with Crippen LogP contribution in [0.2, 0.25) is 0 Å². The number of amides is 1. The summed E-state index contributed by atoms with van der Waals surface area (Å²) in [5, 5.41) is 9.09. The summed E-state index contributed by atoms with van der Waals surface area (Å²) in [6.07, 6.45) is 4.58. The Kier molecular flexibility index (Phi) is 7.20. The number of hydrogen-bond donors (Lipinski definition) is 0. The largest absolute Gasteiger partial charge is 0.284 e. The number of nitrogens with zero attached hydrogens (tertiary/aromatic N) is 3. The van der Waals surface area contributed by atoms with Crippen LogP contribution < -0.4 is 0 Å². The van der Waals surface area contributed by atoms with E-state index in [1.807, 2.05) is 19.1 Å². The first-order chi connectivity index (χ1) is 14.0. The summed E-state index contributed by atoms with van der Waals surface area (Å²) in [5.74, 6) is -0.239. The molecule has 0 aromatic heterocycles. The number of thioether (sulfide) groups is 1. The second kappa shape index (κ2) is 9.83. The van der Waals surface area contributed by atoms with Gasteiger partial charge in [-0.1, -0.05) is 67.4 Å². The molecule has 1 heterocycles. The van der Waals surface area contributed by atoms with Crippen LogP contribution in [0.25, 0.3) is 0 Å². The van der Waals surface area contributed by atoms with Gasteiger partial charge in [0.2, 0.25) is 5.91 Å². The molecule has 1 aliphatic heterocycles. The number of rotatable bonds is 7. The third-order valence-electron chi connectivity index (χ3n) is 4.86. The summed E-state index contributed by atoms with van der Waals surface area (Å²) < 4.78 is 13.2. The zero-order chi connectivity index (χ0) is 20.8. The smallest absolute Gasteiger partial charge is 0.242 e. The van der Waals surface area contributed by atoms with Gasteiger partial charge in [-0.05, 0) is 49.1 Å². The minimum Gasteiger partial charge on any atom is -0.284 e. The van der Waals surface area contributed by atoms with E-state index in [-0.39, 0.29) is 17.0 Å². The molecular formula is C23H26FN3OS. The normalized spacial score (nSPS) is 18.3. The Balaban J connectivity index is 1.81. The number of aryl methyl sites for hydroxylation is 2. The number of benzene rings is 2. The Hall–Kier alpha value is -2.47. The lowest BCUT2D eigenvalue weighted by molar-refractivity contribution is -0.126. The lowest BCUT2D eigenvalue weighted by Gasteiger charge is -2.16. The van der Waals surface area contributed by atoms with Gasteiger partial charge in [0.1, 0.15) is 5.82 Å². The number of halogens is 1. The molecule has 6 heteroatoms. The van der Waals surface area contributed by atoms with Crippen LogP contribution in [0.1, 0.15) is 48.4 Å². The van der Waals surface area contributed by atoms with Gasteiger partial charge in [-0.2, -0.15) is 5.10 Å². The molecule has 0 saturated carbocycles. The van der Waals surface area contributed by atoms with Crippen LogP contribution in [0.15, 0.2) is 52.7 Å². The number of amidine groups is 1. The minimum absolute atomic E-state index is 0.0493. The molecule has 0 unspecified atom stereocenters. The predicted octanol–water partition coefficient (Wildman–Crippen LogP) is 5.47. The molecule has 0 spiro atoms. The van der Waals surface area contributed by atoms with Crippen LogP contribution in [0.5, 0.6) is 0 Å². The fourth-order valence-corrected chi connectivity index (χ4v) is 4.33. The van der Waals surface area contributed by atoms with Crippen LogP contribution in [0.3, 0.4) is 0 Å². The molecule has 0 bridgehead atoms. The summed E-state index contributed by atoms with van der Waals surface area (Å²) in [4.78, 5) is 14.6. The molecule has 29 heavy (non-hydrogen) atoms. The molecule has 1 atom stereocenters. The third kappa shape index (κ3) is 5.54. The highest BCUT2D eigenvalue weighted by atomic mass is 32.2. The van der Waals surface area contributed by atoms with E-state index in [1.54, 1.807) is 23.2 Å². The van der Waals surface area contributed by atoms with E-state index >= 15 is 0 Å². The van der Waals surface area contributed by atoms with Crippen molar-refractivity contribution in [3.63, 3.8) is 0 Å². The molecule has 0 radical (unpaired) electrons. The predicted molar refractivity (Wildman–Crippen MR) is 119 cm³/mol. The Bertz CT molecular complexity index is 924. The van der Waals surface area contributed by atoms with Crippen molar-refractivity contribution in [3.05, 3.63) is 70.5 Å². The second-order valence-corrected chi connectivity index (χ2v) is 8.46. The first-order valence-corrected chi connectivity index (χ1v) is 10.8. The first kappa shape index (κ1) is 21.2. The molecule has 1 fully saturated rings. The van der Waals surface area contributed by atoms with Crippen LogP contribution >= 0.6 is 11.8 Å². The zero-order valence-electron chi connectivity index (χ0n) is 17.1. The van der Waals surface area contributed by atoms with E-state index in [4.69, 9.17) is 0 Å². The zero-order valence-corrected chi connectivity index (χ0v) is 17.9. The van der Waals surface area contributed by atoms with Crippen molar-refractivity contribution in [3.8, 4) is 0 Å². The fraction of sp³-hybridized carbons (Fsp3) is 0.348. The Labute approximate surface area is 175 Å². The van der Waals surface area contributed by atoms with Crippen molar-refractivity contribution in [1.29, 1.82) is 0 Å². The molecule has 4 nitrogen and oxygen atoms in total. The molecule has 1 aliphatic rings. The number of carbonyl (C=O) groups excluding carboxylic acids is 1. The highest BCUT2D eigenvalue weighted by Crippen LogP contribution is 2.32. The van der Waals surface area contributed by atoms with Gasteiger partial charge in [0, 0.05) is 0 Å². The summed E-state index contributed by atoms with van der Waals surface area (Å²) in [7, 11) is 0. The lowest BCUT2D eigenvalue weighted by atomic mass is 10.1. The van der Waals surface area contributed by atoms with Crippen molar-refractivity contribution in [2.45, 2.75) is 51.8 Å². The SMILES string of the molecule is CCCC[C@H]1S/C(=N/N=C\c2ccc(C)cc2C)N(Cc2ccc(F)cc2)C1=O. The van der Waals surface area contributed by atoms with Crippen molar-refractivity contribution < 1.29 is 9.18 Å². The summed E-state index contributed by atoms with van der Waals surface area (Å²) >= 11 is 1.47. The molecule has 3 rings (SSSR count). The molecule has 1 amide bonds. The van der Waals surface area contributed by atoms with Gasteiger partial charge in [-0.15, -0.1) is 5.10 Å². The van der Waals surface area contributed by atoms with Gasteiger partial charge in [-0.25, -0.2) is 4.39 Å². The summed E-state index contributed by atoms with van der Waals surface area (Å²) in [6, 6.07) is 12.4. The van der Waals surface area contributed by atoms with E-state index < -0.39 is 0 Å². The van der Waals surface area contributed by atoms with E-state index in [0.717, 1.165) is 36.0 Å². The Morgan fingerprint density at radius 2 is 1.93 bits per heavy atom. The van der Waals surface area contributed by atoms with Crippen molar-refractivity contribution in [1.82, 2.24) is 4.90 Å². The van der Waals surface area contributed by atoms with Gasteiger partial charge in [-0.3, -0.25) is 9.69 Å². The van der Waals surface area contributed by atoms with Crippen LogP contribution in [0.4, 0.5) is 4.39 Å². The minimum atomic E-state index is -0.288. The van der Waals surface area contributed by atoms with Gasteiger partial charge in [0.15, 0.2) is 5.17 Å². The molecule has 2 aromatic rings. The van der Waals surface area contributed by atoms with Crippen molar-refractivity contribution in [2.75, 3.05) is 0 Å². The van der Waals surface area contributed by atoms with E-state index in [1.165, 1.54) is 29.5 Å². The molecule has 1 saturated heterocycles. The number of hydrogen-bond acceptors (Lipinski definition) is 4. The topological polar surface area (TPSA) is 45.0 Å². The van der Waals surface area contributed by atoms with Crippen molar-refractivity contribution >= 4 is 29.1 Å². The van der Waals surface area contributed by atoms with Gasteiger partial charge < -0.3 is 0 Å². The number of unbranched alkanes of at least 4 members (excludes halogenated alkanes) is 1.